The number of amides is 1. The molecule has 0 heterocycles. The normalized spacial score (nSPS) is 11.9. The number of methoxy groups -OCH3 is 1. The highest BCUT2D eigenvalue weighted by atomic mass is 32.2. The number of nitrogens with one attached hydrogen (secondary N) is 1. The molecule has 0 saturated carbocycles. The van der Waals surface area contributed by atoms with Gasteiger partial charge in [0, 0.05) is 18.0 Å². The Bertz CT molecular complexity index is 495. The van der Waals surface area contributed by atoms with Crippen LogP contribution in [0.2, 0.25) is 0 Å². The molecule has 0 aliphatic heterocycles. The van der Waals surface area contributed by atoms with E-state index in [1.54, 1.807) is 7.11 Å². The van der Waals surface area contributed by atoms with E-state index in [0.29, 0.717) is 11.5 Å². The van der Waals surface area contributed by atoms with Gasteiger partial charge in [0.25, 0.3) is 0 Å². The number of carboxylic acids is 1. The molecule has 1 unspecified atom stereocenters. The molecule has 1 amide bonds. The lowest BCUT2D eigenvalue weighted by Crippen LogP contribution is -2.36. The maximum absolute atomic E-state index is 13.2. The highest BCUT2D eigenvalue weighted by molar-refractivity contribution is 8.00. The number of carbonyl (C=O) groups excluding carboxylic acids is 1. The Morgan fingerprint density at radius 1 is 1.50 bits per heavy atom. The van der Waals surface area contributed by atoms with E-state index in [1.165, 1.54) is 12.1 Å². The number of ether oxygens (including phenoxy) is 1. The van der Waals surface area contributed by atoms with Crippen LogP contribution in [0.3, 0.4) is 0 Å². The topological polar surface area (TPSA) is 75.6 Å². The lowest BCUT2D eigenvalue weighted by Gasteiger charge is -2.12. The molecule has 0 bridgehead atoms. The average Bonchev–Trinajstić information content (AvgIpc) is 2.37. The van der Waals surface area contributed by atoms with Crippen LogP contribution in [0.25, 0.3) is 0 Å². The average molecular weight is 301 g/mol. The number of hydrogen-bond acceptors (Lipinski definition) is 4. The number of benzene rings is 1. The van der Waals surface area contributed by atoms with E-state index in [0.717, 1.165) is 17.8 Å². The van der Waals surface area contributed by atoms with Crippen LogP contribution in [0.5, 0.6) is 0 Å². The molecule has 7 heteroatoms. The first-order valence-corrected chi connectivity index (χ1v) is 6.86. The predicted molar refractivity (Wildman–Crippen MR) is 73.6 cm³/mol. The van der Waals surface area contributed by atoms with Gasteiger partial charge in [-0.2, -0.15) is 0 Å². The van der Waals surface area contributed by atoms with Crippen molar-refractivity contribution in [3.05, 3.63) is 29.6 Å². The highest BCUT2D eigenvalue weighted by Crippen LogP contribution is 2.21. The van der Waals surface area contributed by atoms with Gasteiger partial charge in [0.2, 0.25) is 5.91 Å². The fraction of sp³-hybridized carbons (Fsp3) is 0.385. The van der Waals surface area contributed by atoms with Gasteiger partial charge in [0.1, 0.15) is 5.82 Å². The number of hydrogen-bond donors (Lipinski definition) is 2. The van der Waals surface area contributed by atoms with Gasteiger partial charge in [0.15, 0.2) is 0 Å². The van der Waals surface area contributed by atoms with Crippen molar-refractivity contribution in [1.82, 2.24) is 5.32 Å². The molecular formula is C13H16FNO4S. The number of thioether (sulfide) groups is 1. The van der Waals surface area contributed by atoms with Gasteiger partial charge < -0.3 is 15.2 Å². The van der Waals surface area contributed by atoms with Crippen molar-refractivity contribution in [2.24, 2.45) is 0 Å². The zero-order valence-corrected chi connectivity index (χ0v) is 12.0. The molecule has 110 valence electrons. The van der Waals surface area contributed by atoms with Crippen LogP contribution in [0.1, 0.15) is 17.3 Å². The van der Waals surface area contributed by atoms with Crippen molar-refractivity contribution in [2.45, 2.75) is 17.9 Å². The Hall–Kier alpha value is -1.60. The zero-order valence-electron chi connectivity index (χ0n) is 11.2. The first-order chi connectivity index (χ1) is 9.43. The number of halogens is 1. The summed E-state index contributed by atoms with van der Waals surface area (Å²) >= 11 is 1.15. The molecule has 2 N–H and O–H groups in total. The molecule has 0 aliphatic rings. The quantitative estimate of drug-likeness (QED) is 0.751. The molecule has 0 radical (unpaired) electrons. The minimum Gasteiger partial charge on any atom is -0.478 e. The highest BCUT2D eigenvalue weighted by Gasteiger charge is 2.12. The third-order valence-corrected chi connectivity index (χ3v) is 3.36. The first-order valence-electron chi connectivity index (χ1n) is 5.88. The summed E-state index contributed by atoms with van der Waals surface area (Å²) in [5.74, 6) is -2.19. The molecule has 5 nitrogen and oxygen atoms in total. The number of aromatic carboxylic acids is 1. The molecule has 0 fully saturated rings. The summed E-state index contributed by atoms with van der Waals surface area (Å²) in [6.07, 6.45) is 0. The molecule has 0 spiro atoms. The van der Waals surface area contributed by atoms with Gasteiger partial charge in [-0.25, -0.2) is 9.18 Å². The molecule has 1 aromatic carbocycles. The van der Waals surface area contributed by atoms with Crippen LogP contribution >= 0.6 is 11.8 Å². The van der Waals surface area contributed by atoms with Gasteiger partial charge >= 0.3 is 5.97 Å². The summed E-state index contributed by atoms with van der Waals surface area (Å²) in [7, 11) is 1.54. The summed E-state index contributed by atoms with van der Waals surface area (Å²) in [4.78, 5) is 22.9. The van der Waals surface area contributed by atoms with Crippen molar-refractivity contribution in [2.75, 3.05) is 19.5 Å². The summed E-state index contributed by atoms with van der Waals surface area (Å²) in [6.45, 7) is 2.22. The molecule has 0 aliphatic carbocycles. The van der Waals surface area contributed by atoms with Gasteiger partial charge in [-0.15, -0.1) is 11.8 Å². The summed E-state index contributed by atoms with van der Waals surface area (Å²) in [5, 5.41) is 11.5. The van der Waals surface area contributed by atoms with E-state index < -0.39 is 17.3 Å². The second-order valence-corrected chi connectivity index (χ2v) is 5.21. The Labute approximate surface area is 120 Å². The molecule has 1 aromatic rings. The van der Waals surface area contributed by atoms with Crippen molar-refractivity contribution < 1.29 is 23.8 Å². The van der Waals surface area contributed by atoms with Gasteiger partial charge in [0.05, 0.1) is 17.9 Å². The van der Waals surface area contributed by atoms with E-state index in [4.69, 9.17) is 9.84 Å². The number of carboxylic acid groups (broad SMARTS) is 1. The molecule has 0 saturated heterocycles. The summed E-state index contributed by atoms with van der Waals surface area (Å²) in [5.41, 5.74) is -0.400. The van der Waals surface area contributed by atoms with Crippen LogP contribution in [-0.4, -0.2) is 42.5 Å². The zero-order chi connectivity index (χ0) is 15.1. The Morgan fingerprint density at radius 3 is 2.80 bits per heavy atom. The third kappa shape index (κ3) is 5.18. The van der Waals surface area contributed by atoms with E-state index in [9.17, 15) is 14.0 Å². The van der Waals surface area contributed by atoms with Crippen molar-refractivity contribution >= 4 is 23.6 Å². The first kappa shape index (κ1) is 16.5. The van der Waals surface area contributed by atoms with Crippen LogP contribution in [-0.2, 0) is 9.53 Å². The fourth-order valence-corrected chi connectivity index (χ4v) is 2.26. The Balaban J connectivity index is 2.55. The van der Waals surface area contributed by atoms with Crippen molar-refractivity contribution in [3.63, 3.8) is 0 Å². The van der Waals surface area contributed by atoms with Crippen LogP contribution in [0.4, 0.5) is 4.39 Å². The van der Waals surface area contributed by atoms with Crippen molar-refractivity contribution in [3.8, 4) is 0 Å². The Kier molecular flexibility index (Phi) is 6.47. The maximum atomic E-state index is 13.2. The van der Waals surface area contributed by atoms with Gasteiger partial charge in [-0.1, -0.05) is 0 Å². The lowest BCUT2D eigenvalue weighted by molar-refractivity contribution is -0.119. The monoisotopic (exact) mass is 301 g/mol. The van der Waals surface area contributed by atoms with Gasteiger partial charge in [-0.3, -0.25) is 4.79 Å². The molecule has 1 atom stereocenters. The fourth-order valence-electron chi connectivity index (χ4n) is 1.52. The van der Waals surface area contributed by atoms with E-state index in [2.05, 4.69) is 5.32 Å². The SMILES string of the molecule is COCC(C)NC(=O)CSc1ccc(F)c(C(=O)O)c1. The summed E-state index contributed by atoms with van der Waals surface area (Å²) < 4.78 is 18.1. The molecular weight excluding hydrogens is 285 g/mol. The maximum Gasteiger partial charge on any atom is 0.338 e. The van der Waals surface area contributed by atoms with Crippen LogP contribution in [0, 0.1) is 5.82 Å². The minimum atomic E-state index is -1.33. The molecule has 20 heavy (non-hydrogen) atoms. The van der Waals surface area contributed by atoms with Crippen LogP contribution < -0.4 is 5.32 Å². The smallest absolute Gasteiger partial charge is 0.338 e. The standard InChI is InChI=1S/C13H16FNO4S/c1-8(6-19-2)15-12(16)7-20-9-3-4-11(14)10(5-9)13(17)18/h3-5,8H,6-7H2,1-2H3,(H,15,16)(H,17,18). The number of rotatable bonds is 7. The number of carbonyl (C=O) groups is 2. The van der Waals surface area contributed by atoms with E-state index in [1.807, 2.05) is 6.92 Å². The second kappa shape index (κ2) is 7.86. The Morgan fingerprint density at radius 2 is 2.20 bits per heavy atom. The van der Waals surface area contributed by atoms with E-state index >= 15 is 0 Å². The van der Waals surface area contributed by atoms with Gasteiger partial charge in [-0.05, 0) is 25.1 Å². The van der Waals surface area contributed by atoms with E-state index in [-0.39, 0.29) is 17.7 Å². The van der Waals surface area contributed by atoms with Crippen molar-refractivity contribution in [1.29, 1.82) is 0 Å². The minimum absolute atomic E-state index is 0.101. The molecule has 1 rings (SSSR count). The molecule has 0 aromatic heterocycles. The largest absolute Gasteiger partial charge is 0.478 e. The third-order valence-electron chi connectivity index (χ3n) is 2.36. The lowest BCUT2D eigenvalue weighted by atomic mass is 10.2. The summed E-state index contributed by atoms with van der Waals surface area (Å²) in [6, 6.07) is 3.64. The van der Waals surface area contributed by atoms with Crippen LogP contribution in [0.15, 0.2) is 23.1 Å². The predicted octanol–water partition coefficient (Wildman–Crippen LogP) is 1.77. The second-order valence-electron chi connectivity index (χ2n) is 4.16.